The van der Waals surface area contributed by atoms with E-state index < -0.39 is 0 Å². The van der Waals surface area contributed by atoms with Gasteiger partial charge in [0.05, 0.1) is 7.11 Å². The molecule has 0 unspecified atom stereocenters. The Balaban J connectivity index is 3.20. The molecule has 0 aliphatic carbocycles. The van der Waals surface area contributed by atoms with Crippen LogP contribution < -0.4 is 4.74 Å². The summed E-state index contributed by atoms with van der Waals surface area (Å²) in [5.41, 5.74) is 2.27. The van der Waals surface area contributed by atoms with Crippen molar-refractivity contribution >= 4 is 6.08 Å². The molecule has 0 aliphatic rings. The molecule has 58 valence electrons. The Hall–Kier alpha value is -1.24. The minimum atomic E-state index is 0.919. The third-order valence-electron chi connectivity index (χ3n) is 1.77. The lowest BCUT2D eigenvalue weighted by molar-refractivity contribution is 0.411. The Kier molecular flexibility index (Phi) is 2.32. The Bertz CT molecular complexity index is 264. The van der Waals surface area contributed by atoms with Crippen LogP contribution in [0.2, 0.25) is 0 Å². The van der Waals surface area contributed by atoms with Crippen LogP contribution in [-0.2, 0) is 0 Å². The van der Waals surface area contributed by atoms with E-state index in [4.69, 9.17) is 4.74 Å². The highest BCUT2D eigenvalue weighted by Crippen LogP contribution is 2.20. The van der Waals surface area contributed by atoms with Crippen LogP contribution in [0, 0.1) is 6.92 Å². The van der Waals surface area contributed by atoms with Crippen molar-refractivity contribution in [2.45, 2.75) is 6.92 Å². The largest absolute Gasteiger partial charge is 0.496 e. The first-order valence-electron chi connectivity index (χ1n) is 3.55. The van der Waals surface area contributed by atoms with Crippen LogP contribution in [0.5, 0.6) is 5.75 Å². The zero-order chi connectivity index (χ0) is 8.27. The Morgan fingerprint density at radius 2 is 2.18 bits per heavy atom. The van der Waals surface area contributed by atoms with Crippen LogP contribution in [0.25, 0.3) is 6.08 Å². The summed E-state index contributed by atoms with van der Waals surface area (Å²) in [6.07, 6.45) is 1.83. The minimum absolute atomic E-state index is 0.919. The fourth-order valence-electron chi connectivity index (χ4n) is 1.07. The van der Waals surface area contributed by atoms with Crippen molar-refractivity contribution in [2.75, 3.05) is 7.11 Å². The van der Waals surface area contributed by atoms with E-state index in [1.165, 1.54) is 0 Å². The van der Waals surface area contributed by atoms with Crippen LogP contribution >= 0.6 is 0 Å². The van der Waals surface area contributed by atoms with E-state index in [9.17, 15) is 0 Å². The lowest BCUT2D eigenvalue weighted by Crippen LogP contribution is -1.88. The van der Waals surface area contributed by atoms with Gasteiger partial charge in [0.1, 0.15) is 5.75 Å². The molecular formula is C10H12O. The lowest BCUT2D eigenvalue weighted by Gasteiger charge is -2.05. The molecule has 0 amide bonds. The van der Waals surface area contributed by atoms with E-state index >= 15 is 0 Å². The summed E-state index contributed by atoms with van der Waals surface area (Å²) in [5.74, 6) is 0.919. The molecule has 1 aromatic rings. The standard InChI is InChI=1S/C10H12O/c1-4-9-6-5-7-10(11-3)8(9)2/h4-7H,1H2,2-3H3. The molecule has 0 saturated heterocycles. The van der Waals surface area contributed by atoms with Crippen molar-refractivity contribution in [1.29, 1.82) is 0 Å². The summed E-state index contributed by atoms with van der Waals surface area (Å²) in [4.78, 5) is 0. The van der Waals surface area contributed by atoms with Crippen molar-refractivity contribution in [3.05, 3.63) is 35.9 Å². The highest BCUT2D eigenvalue weighted by atomic mass is 16.5. The number of benzene rings is 1. The van der Waals surface area contributed by atoms with Crippen LogP contribution in [0.4, 0.5) is 0 Å². The van der Waals surface area contributed by atoms with Crippen molar-refractivity contribution in [1.82, 2.24) is 0 Å². The molecule has 0 aliphatic heterocycles. The highest BCUT2D eigenvalue weighted by molar-refractivity contribution is 5.55. The molecule has 1 heteroatoms. The quantitative estimate of drug-likeness (QED) is 0.626. The van der Waals surface area contributed by atoms with Gasteiger partial charge >= 0.3 is 0 Å². The van der Waals surface area contributed by atoms with Crippen molar-refractivity contribution in [3.8, 4) is 5.75 Å². The van der Waals surface area contributed by atoms with Gasteiger partial charge in [0.2, 0.25) is 0 Å². The van der Waals surface area contributed by atoms with Gasteiger partial charge in [0.15, 0.2) is 0 Å². The minimum Gasteiger partial charge on any atom is -0.496 e. The summed E-state index contributed by atoms with van der Waals surface area (Å²) in [7, 11) is 1.68. The molecule has 0 fully saturated rings. The first-order chi connectivity index (χ1) is 5.29. The maximum absolute atomic E-state index is 5.14. The van der Waals surface area contributed by atoms with E-state index in [0.29, 0.717) is 0 Å². The Morgan fingerprint density at radius 3 is 2.73 bits per heavy atom. The molecule has 0 spiro atoms. The topological polar surface area (TPSA) is 9.23 Å². The van der Waals surface area contributed by atoms with E-state index in [1.807, 2.05) is 31.2 Å². The lowest BCUT2D eigenvalue weighted by atomic mass is 10.1. The SMILES string of the molecule is C=Cc1cccc(OC)c1C. The fourth-order valence-corrected chi connectivity index (χ4v) is 1.07. The van der Waals surface area contributed by atoms with Crippen molar-refractivity contribution < 1.29 is 4.74 Å². The summed E-state index contributed by atoms with van der Waals surface area (Å²) < 4.78 is 5.14. The second kappa shape index (κ2) is 3.24. The summed E-state index contributed by atoms with van der Waals surface area (Å²) in [6.45, 7) is 5.74. The normalized spacial score (nSPS) is 9.27. The van der Waals surface area contributed by atoms with Gasteiger partial charge < -0.3 is 4.74 Å². The molecule has 0 N–H and O–H groups in total. The smallest absolute Gasteiger partial charge is 0.122 e. The van der Waals surface area contributed by atoms with E-state index in [1.54, 1.807) is 7.11 Å². The third kappa shape index (κ3) is 1.43. The number of rotatable bonds is 2. The summed E-state index contributed by atoms with van der Waals surface area (Å²) in [6, 6.07) is 5.93. The first-order valence-corrected chi connectivity index (χ1v) is 3.55. The van der Waals surface area contributed by atoms with Gasteiger partial charge in [-0.2, -0.15) is 0 Å². The molecule has 1 rings (SSSR count). The predicted octanol–water partition coefficient (Wildman–Crippen LogP) is 2.65. The summed E-state index contributed by atoms with van der Waals surface area (Å²) >= 11 is 0. The highest BCUT2D eigenvalue weighted by Gasteiger charge is 1.98. The number of methoxy groups -OCH3 is 1. The van der Waals surface area contributed by atoms with Gasteiger partial charge in [-0.05, 0) is 24.1 Å². The maximum atomic E-state index is 5.14. The van der Waals surface area contributed by atoms with E-state index in [0.717, 1.165) is 16.9 Å². The predicted molar refractivity (Wildman–Crippen MR) is 47.8 cm³/mol. The van der Waals surface area contributed by atoms with Gasteiger partial charge in [-0.25, -0.2) is 0 Å². The van der Waals surface area contributed by atoms with Crippen LogP contribution in [-0.4, -0.2) is 7.11 Å². The fraction of sp³-hybridized carbons (Fsp3) is 0.200. The average Bonchev–Trinajstić information content (AvgIpc) is 2.05. The van der Waals surface area contributed by atoms with Gasteiger partial charge in [-0.3, -0.25) is 0 Å². The van der Waals surface area contributed by atoms with Crippen LogP contribution in [0.15, 0.2) is 24.8 Å². The van der Waals surface area contributed by atoms with E-state index in [2.05, 4.69) is 6.58 Å². The third-order valence-corrected chi connectivity index (χ3v) is 1.77. The number of hydrogen-bond acceptors (Lipinski definition) is 1. The van der Waals surface area contributed by atoms with Gasteiger partial charge in [0, 0.05) is 0 Å². The molecule has 0 aromatic heterocycles. The second-order valence-corrected chi connectivity index (χ2v) is 2.38. The van der Waals surface area contributed by atoms with Gasteiger partial charge in [-0.15, -0.1) is 0 Å². The Labute approximate surface area is 67.3 Å². The van der Waals surface area contributed by atoms with Crippen molar-refractivity contribution in [2.24, 2.45) is 0 Å². The maximum Gasteiger partial charge on any atom is 0.122 e. The van der Waals surface area contributed by atoms with Gasteiger partial charge in [0.25, 0.3) is 0 Å². The molecule has 11 heavy (non-hydrogen) atoms. The molecule has 0 atom stereocenters. The molecule has 1 nitrogen and oxygen atoms in total. The van der Waals surface area contributed by atoms with Crippen LogP contribution in [0.1, 0.15) is 11.1 Å². The zero-order valence-corrected chi connectivity index (χ0v) is 6.92. The molecular weight excluding hydrogens is 136 g/mol. The number of ether oxygens (including phenoxy) is 1. The molecule has 0 heterocycles. The molecule has 0 bridgehead atoms. The zero-order valence-electron chi connectivity index (χ0n) is 6.92. The summed E-state index contributed by atoms with van der Waals surface area (Å²) in [5, 5.41) is 0. The molecule has 1 aromatic carbocycles. The Morgan fingerprint density at radius 1 is 1.45 bits per heavy atom. The van der Waals surface area contributed by atoms with Crippen LogP contribution in [0.3, 0.4) is 0 Å². The number of hydrogen-bond donors (Lipinski definition) is 0. The second-order valence-electron chi connectivity index (χ2n) is 2.38. The van der Waals surface area contributed by atoms with E-state index in [-0.39, 0.29) is 0 Å². The average molecular weight is 148 g/mol. The van der Waals surface area contributed by atoms with Gasteiger partial charge in [-0.1, -0.05) is 24.8 Å². The monoisotopic (exact) mass is 148 g/mol. The van der Waals surface area contributed by atoms with Crippen molar-refractivity contribution in [3.63, 3.8) is 0 Å². The molecule has 0 radical (unpaired) electrons. The first kappa shape index (κ1) is 7.86. The molecule has 0 saturated carbocycles.